The molecule has 0 spiro atoms. The highest BCUT2D eigenvalue weighted by Crippen LogP contribution is 2.19. The van der Waals surface area contributed by atoms with Crippen molar-refractivity contribution in [2.24, 2.45) is 0 Å². The van der Waals surface area contributed by atoms with Crippen molar-refractivity contribution in [1.29, 1.82) is 0 Å². The molecule has 4 heteroatoms. The predicted octanol–water partition coefficient (Wildman–Crippen LogP) is 3.37. The summed E-state index contributed by atoms with van der Waals surface area (Å²) >= 11 is 0. The first-order chi connectivity index (χ1) is 10.7. The molecular weight excluding hydrogens is 276 g/mol. The SMILES string of the molecule is O=C(NC1CCCCCCC1)c1cc(=O)[nH]c2ccccc12. The third-order valence-corrected chi connectivity index (χ3v) is 4.44. The minimum atomic E-state index is -0.235. The summed E-state index contributed by atoms with van der Waals surface area (Å²) in [5.41, 5.74) is 0.945. The molecule has 3 rings (SSSR count). The Hall–Kier alpha value is -2.10. The maximum Gasteiger partial charge on any atom is 0.252 e. The van der Waals surface area contributed by atoms with Crippen LogP contribution < -0.4 is 10.9 Å². The minimum Gasteiger partial charge on any atom is -0.349 e. The van der Waals surface area contributed by atoms with Crippen molar-refractivity contribution in [2.75, 3.05) is 0 Å². The molecule has 1 aliphatic rings. The van der Waals surface area contributed by atoms with Gasteiger partial charge in [-0.25, -0.2) is 0 Å². The summed E-state index contributed by atoms with van der Waals surface area (Å²) in [5.74, 6) is -0.132. The van der Waals surface area contributed by atoms with E-state index in [2.05, 4.69) is 10.3 Å². The highest BCUT2D eigenvalue weighted by atomic mass is 16.2. The standard InChI is InChI=1S/C18H22N2O2/c21-17-12-15(14-10-6-7-11-16(14)20-17)18(22)19-13-8-4-2-1-3-5-9-13/h6-7,10-13H,1-5,8-9H2,(H,19,22)(H,20,21). The smallest absolute Gasteiger partial charge is 0.252 e. The van der Waals surface area contributed by atoms with E-state index in [0.29, 0.717) is 11.1 Å². The summed E-state index contributed by atoms with van der Waals surface area (Å²) < 4.78 is 0. The molecule has 0 radical (unpaired) electrons. The Kier molecular flexibility index (Phi) is 4.56. The van der Waals surface area contributed by atoms with E-state index in [4.69, 9.17) is 0 Å². The molecule has 0 bridgehead atoms. The van der Waals surface area contributed by atoms with Gasteiger partial charge >= 0.3 is 0 Å². The second-order valence-electron chi connectivity index (χ2n) is 6.11. The molecule has 0 saturated heterocycles. The number of pyridine rings is 1. The van der Waals surface area contributed by atoms with E-state index in [9.17, 15) is 9.59 Å². The number of fused-ring (bicyclic) bond motifs is 1. The number of rotatable bonds is 2. The molecule has 0 atom stereocenters. The van der Waals surface area contributed by atoms with Crippen LogP contribution in [0, 0.1) is 0 Å². The van der Waals surface area contributed by atoms with Gasteiger partial charge in [0.15, 0.2) is 0 Å². The summed E-state index contributed by atoms with van der Waals surface area (Å²) in [5, 5.41) is 3.93. The summed E-state index contributed by atoms with van der Waals surface area (Å²) in [4.78, 5) is 27.2. The lowest BCUT2D eigenvalue weighted by molar-refractivity contribution is 0.0932. The Labute approximate surface area is 129 Å². The Morgan fingerprint density at radius 3 is 2.50 bits per heavy atom. The molecule has 1 heterocycles. The Balaban J connectivity index is 1.84. The highest BCUT2D eigenvalue weighted by molar-refractivity contribution is 6.06. The number of nitrogens with one attached hydrogen (secondary N) is 2. The molecule has 116 valence electrons. The lowest BCUT2D eigenvalue weighted by Crippen LogP contribution is -2.35. The van der Waals surface area contributed by atoms with E-state index in [1.807, 2.05) is 24.3 Å². The molecular formula is C18H22N2O2. The molecule has 22 heavy (non-hydrogen) atoms. The number of amides is 1. The fourth-order valence-electron chi connectivity index (χ4n) is 3.26. The zero-order chi connectivity index (χ0) is 15.4. The van der Waals surface area contributed by atoms with E-state index < -0.39 is 0 Å². The van der Waals surface area contributed by atoms with Crippen LogP contribution in [0.25, 0.3) is 10.9 Å². The summed E-state index contributed by atoms with van der Waals surface area (Å²) in [6, 6.07) is 9.07. The Bertz CT molecular complexity index is 712. The van der Waals surface area contributed by atoms with Gasteiger partial charge in [0.05, 0.1) is 5.56 Å². The van der Waals surface area contributed by atoms with Gasteiger partial charge in [-0.15, -0.1) is 0 Å². The van der Waals surface area contributed by atoms with Crippen molar-refractivity contribution in [3.8, 4) is 0 Å². The number of para-hydroxylation sites is 1. The van der Waals surface area contributed by atoms with Crippen LogP contribution in [0.5, 0.6) is 0 Å². The molecule has 4 nitrogen and oxygen atoms in total. The first kappa shape index (κ1) is 14.8. The normalized spacial score (nSPS) is 16.9. The molecule has 1 fully saturated rings. The van der Waals surface area contributed by atoms with Gasteiger partial charge in [0, 0.05) is 23.0 Å². The van der Waals surface area contributed by atoms with E-state index in [-0.39, 0.29) is 17.5 Å². The molecule has 1 aromatic carbocycles. The topological polar surface area (TPSA) is 62.0 Å². The molecule has 1 aromatic heterocycles. The first-order valence-electron chi connectivity index (χ1n) is 8.17. The molecule has 1 amide bonds. The number of hydrogen-bond acceptors (Lipinski definition) is 2. The van der Waals surface area contributed by atoms with Crippen molar-refractivity contribution >= 4 is 16.8 Å². The van der Waals surface area contributed by atoms with Gasteiger partial charge in [-0.05, 0) is 18.9 Å². The molecule has 0 unspecified atom stereocenters. The third-order valence-electron chi connectivity index (χ3n) is 4.44. The van der Waals surface area contributed by atoms with Crippen LogP contribution in [0.1, 0.15) is 55.3 Å². The number of benzene rings is 1. The maximum atomic E-state index is 12.6. The number of carbonyl (C=O) groups is 1. The minimum absolute atomic E-state index is 0.132. The van der Waals surface area contributed by atoms with Crippen molar-refractivity contribution in [2.45, 2.75) is 51.0 Å². The third kappa shape index (κ3) is 3.38. The van der Waals surface area contributed by atoms with Crippen LogP contribution in [0.4, 0.5) is 0 Å². The van der Waals surface area contributed by atoms with Gasteiger partial charge in [0.1, 0.15) is 0 Å². The second-order valence-corrected chi connectivity index (χ2v) is 6.11. The van der Waals surface area contributed by atoms with E-state index in [1.54, 1.807) is 0 Å². The summed E-state index contributed by atoms with van der Waals surface area (Å²) in [6.45, 7) is 0. The lowest BCUT2D eigenvalue weighted by atomic mass is 9.96. The maximum absolute atomic E-state index is 12.6. The van der Waals surface area contributed by atoms with Crippen molar-refractivity contribution in [3.63, 3.8) is 0 Å². The number of carbonyl (C=O) groups excluding carboxylic acids is 1. The number of H-pyrrole nitrogens is 1. The monoisotopic (exact) mass is 298 g/mol. The predicted molar refractivity (Wildman–Crippen MR) is 88.1 cm³/mol. The van der Waals surface area contributed by atoms with Crippen LogP contribution in [0.15, 0.2) is 35.1 Å². The Morgan fingerprint density at radius 2 is 1.73 bits per heavy atom. The van der Waals surface area contributed by atoms with Crippen LogP contribution in [0.3, 0.4) is 0 Å². The zero-order valence-corrected chi connectivity index (χ0v) is 12.7. The highest BCUT2D eigenvalue weighted by Gasteiger charge is 2.17. The fraction of sp³-hybridized carbons (Fsp3) is 0.444. The van der Waals surface area contributed by atoms with Crippen molar-refractivity contribution < 1.29 is 4.79 Å². The van der Waals surface area contributed by atoms with Crippen LogP contribution in [0.2, 0.25) is 0 Å². The number of aromatic amines is 1. The molecule has 1 aliphatic carbocycles. The van der Waals surface area contributed by atoms with Crippen molar-refractivity contribution in [3.05, 3.63) is 46.2 Å². The second kappa shape index (κ2) is 6.77. The van der Waals surface area contributed by atoms with E-state index in [0.717, 1.165) is 18.2 Å². The molecule has 1 saturated carbocycles. The van der Waals surface area contributed by atoms with Gasteiger partial charge < -0.3 is 10.3 Å². The zero-order valence-electron chi connectivity index (χ0n) is 12.7. The van der Waals surface area contributed by atoms with Crippen LogP contribution >= 0.6 is 0 Å². The van der Waals surface area contributed by atoms with Gasteiger partial charge in [0.25, 0.3) is 5.91 Å². The largest absolute Gasteiger partial charge is 0.349 e. The average molecular weight is 298 g/mol. The lowest BCUT2D eigenvalue weighted by Gasteiger charge is -2.21. The molecule has 2 aromatic rings. The van der Waals surface area contributed by atoms with Crippen LogP contribution in [-0.4, -0.2) is 16.9 Å². The fourth-order valence-corrected chi connectivity index (χ4v) is 3.26. The van der Waals surface area contributed by atoms with Gasteiger partial charge in [-0.3, -0.25) is 9.59 Å². The number of aromatic nitrogens is 1. The van der Waals surface area contributed by atoms with Crippen molar-refractivity contribution in [1.82, 2.24) is 10.3 Å². The molecule has 0 aliphatic heterocycles. The summed E-state index contributed by atoms with van der Waals surface area (Å²) in [7, 11) is 0. The van der Waals surface area contributed by atoms with Gasteiger partial charge in [0.2, 0.25) is 5.56 Å². The first-order valence-corrected chi connectivity index (χ1v) is 8.17. The number of hydrogen-bond donors (Lipinski definition) is 2. The van der Waals surface area contributed by atoms with E-state index >= 15 is 0 Å². The van der Waals surface area contributed by atoms with Gasteiger partial charge in [-0.2, -0.15) is 0 Å². The molecule has 2 N–H and O–H groups in total. The quantitative estimate of drug-likeness (QED) is 0.893. The van der Waals surface area contributed by atoms with Crippen LogP contribution in [-0.2, 0) is 0 Å². The average Bonchev–Trinajstić information content (AvgIpc) is 2.48. The van der Waals surface area contributed by atoms with Gasteiger partial charge in [-0.1, -0.05) is 50.3 Å². The van der Waals surface area contributed by atoms with E-state index in [1.165, 1.54) is 38.2 Å². The Morgan fingerprint density at radius 1 is 1.05 bits per heavy atom. The summed E-state index contributed by atoms with van der Waals surface area (Å²) in [6.07, 6.45) is 8.21.